The molecule has 4 heterocycles. The van der Waals surface area contributed by atoms with E-state index in [1.807, 2.05) is 0 Å². The number of allylic oxidation sites excluding steroid dienone is 5. The van der Waals surface area contributed by atoms with E-state index in [2.05, 4.69) is 5.11 Å². The van der Waals surface area contributed by atoms with Crippen LogP contribution in [0.2, 0.25) is 0 Å². The molecule has 0 spiro atoms. The molecule has 10 N–H and O–H groups in total. The Morgan fingerprint density at radius 3 is 1.39 bits per heavy atom. The molecule has 2 aromatic rings. The number of carbonyl (C=O) groups is 5. The van der Waals surface area contributed by atoms with Crippen molar-refractivity contribution in [3.8, 4) is 23.0 Å². The number of phenols is 4. The zero-order valence-corrected chi connectivity index (χ0v) is 55.2. The van der Waals surface area contributed by atoms with Crippen LogP contribution in [0.15, 0.2) is 80.7 Å². The van der Waals surface area contributed by atoms with Crippen LogP contribution in [0.1, 0.15) is 121 Å². The topological polar surface area (TPSA) is 402 Å². The molecule has 6 aliphatic carbocycles. The monoisotopic (exact) mass is 1340 g/mol. The van der Waals surface area contributed by atoms with E-state index in [9.17, 15) is 51.5 Å². The standard InChI is InChI=1S/C68H84N4O24/c1-13-67(95-40-22-36(87-11)57(79)26(5)91-40)52(63(85)43-29(65(67)93-38-20-34(77)55(71(7)8)24(3)89-38)19-28-42(43)60(82)45-31(74)16-15-30(73)44(45)59(28)81)53-64(86)49-48-50(62(84)47-33(76)18-17-32(75)46(47)61(48)83)54(70-69)51(49)66(94-39-21-35(78)56(72(9)10)25(4)90-39)68(53,14-2)96-41-23-37(88-12)58(80)27(6)92-41/h15-19,24-27,34-41,52-58,65-66,70,73-80,85H,13-14,20-23H2,1-12H3. The summed E-state index contributed by atoms with van der Waals surface area (Å²) in [6, 6.07) is 0.806. The summed E-state index contributed by atoms with van der Waals surface area (Å²) in [7, 11) is 9.67. The van der Waals surface area contributed by atoms with Crippen LogP contribution in [0.5, 0.6) is 23.0 Å². The highest BCUT2D eigenvalue weighted by atomic mass is 16.7. The maximum absolute atomic E-state index is 17.8. The first-order valence-corrected chi connectivity index (χ1v) is 32.5. The number of nitrogens with zero attached hydrogens (tertiary/aromatic N) is 3. The predicted molar refractivity (Wildman–Crippen MR) is 330 cm³/mol. The summed E-state index contributed by atoms with van der Waals surface area (Å²) in [5.74, 6) is -13.8. The number of carbonyl (C=O) groups excluding carboxylic acids is 5. The Kier molecular flexibility index (Phi) is 18.5. The van der Waals surface area contributed by atoms with Gasteiger partial charge in [-0.05, 0) is 105 Å². The Labute approximate surface area is 552 Å². The van der Waals surface area contributed by atoms with Gasteiger partial charge in [-0.1, -0.05) is 13.8 Å². The minimum Gasteiger partial charge on any atom is -0.511 e. The highest BCUT2D eigenvalue weighted by Gasteiger charge is 2.72. The first kappa shape index (κ1) is 69.4. The lowest BCUT2D eigenvalue weighted by molar-refractivity contribution is -0.505. The number of hydrogen-bond donors (Lipinski definition) is 10. The molecule has 10 aliphatic rings. The molecule has 23 unspecified atom stereocenters. The fourth-order valence-electron chi connectivity index (χ4n) is 17.3. The number of aliphatic hydroxyl groups is 5. The summed E-state index contributed by atoms with van der Waals surface area (Å²) in [6.07, 6.45) is -21.3. The van der Waals surface area contributed by atoms with Crippen LogP contribution in [0, 0.1) is 11.8 Å². The van der Waals surface area contributed by atoms with Gasteiger partial charge in [0, 0.05) is 73.3 Å². The van der Waals surface area contributed by atoms with Gasteiger partial charge in [0.25, 0.3) is 0 Å². The molecule has 2 aromatic carbocycles. The van der Waals surface area contributed by atoms with Gasteiger partial charge >= 0.3 is 0 Å². The van der Waals surface area contributed by atoms with Gasteiger partial charge in [0.15, 0.2) is 54.3 Å². The average molecular weight is 1340 g/mol. The number of nitrogens with one attached hydrogen (secondary N) is 1. The van der Waals surface area contributed by atoms with Crippen LogP contribution < -0.4 is 5.11 Å². The van der Waals surface area contributed by atoms with Gasteiger partial charge < -0.3 is 114 Å². The maximum atomic E-state index is 17.8. The smallest absolute Gasteiger partial charge is 0.201 e. The summed E-state index contributed by atoms with van der Waals surface area (Å²) in [5.41, 5.74) is 0.345. The number of phenolic OH excluding ortho intramolecular Hbond substituents is 4. The summed E-state index contributed by atoms with van der Waals surface area (Å²) < 4.78 is 67.9. The SMILES string of the molecule is CCC1(OC2CC(OC)C(O)C(C)O2)C(OC2CC(O)C(N(C)C)C(C)O2)C2=C(C(=O)C1C1C(O)=C3C(=CC4=C3C(=O)c3c(O)ccc(O)c3C4=O)C(OC3CC(O)C(N(C)C)C(C)O3)C1(CC)OC1CC(OC)C(O)C(C)O1)C1=C(C(=O)c3c(O)ccc(O)c3C1=O)C2[NH+]=[N-]. The summed E-state index contributed by atoms with van der Waals surface area (Å²) >= 11 is 0. The molecule has 0 bridgehead atoms. The van der Waals surface area contributed by atoms with Gasteiger partial charge in [0.05, 0.1) is 101 Å². The van der Waals surface area contributed by atoms with Crippen LogP contribution in [0.25, 0.3) is 5.53 Å². The Morgan fingerprint density at radius 1 is 0.542 bits per heavy atom. The van der Waals surface area contributed by atoms with E-state index < -0.39 is 266 Å². The number of aromatic hydroxyl groups is 4. The molecular formula is C68H84N4O24. The number of likely N-dealkylation sites (N-methyl/N-ethyl adjacent to an activating group) is 2. The number of ketones is 5. The molecular weight excluding hydrogens is 1260 g/mol. The number of fused-ring (bicyclic) bond motifs is 5. The fourth-order valence-corrected chi connectivity index (χ4v) is 17.3. The van der Waals surface area contributed by atoms with Crippen molar-refractivity contribution in [3.05, 3.63) is 108 Å². The fraction of sp³-hybridized carbons (Fsp3) is 0.603. The molecule has 0 radical (unpaired) electrons. The highest BCUT2D eigenvalue weighted by molar-refractivity contribution is 6.35. The lowest BCUT2D eigenvalue weighted by Gasteiger charge is -2.59. The molecule has 0 saturated carbocycles. The van der Waals surface area contributed by atoms with E-state index in [4.69, 9.17) is 47.4 Å². The second-order valence-electron chi connectivity index (χ2n) is 27.2. The van der Waals surface area contributed by atoms with Gasteiger partial charge in [0.2, 0.25) is 5.78 Å². The molecule has 4 saturated heterocycles. The summed E-state index contributed by atoms with van der Waals surface area (Å²) in [6.45, 7) is 9.66. The van der Waals surface area contributed by atoms with Crippen molar-refractivity contribution in [1.29, 1.82) is 0 Å². The van der Waals surface area contributed by atoms with E-state index >= 15 is 24.0 Å². The van der Waals surface area contributed by atoms with Crippen LogP contribution in [0.3, 0.4) is 0 Å². The number of rotatable bonds is 16. The van der Waals surface area contributed by atoms with Crippen molar-refractivity contribution in [3.63, 3.8) is 0 Å². The van der Waals surface area contributed by atoms with Gasteiger partial charge in [0.1, 0.15) is 64.4 Å². The molecule has 23 atom stereocenters. The summed E-state index contributed by atoms with van der Waals surface area (Å²) in [5, 5.41) is 110. The zero-order valence-electron chi connectivity index (χ0n) is 55.2. The second kappa shape index (κ2) is 25.6. The van der Waals surface area contributed by atoms with Crippen LogP contribution in [-0.4, -0.2) is 255 Å². The van der Waals surface area contributed by atoms with Crippen molar-refractivity contribution >= 4 is 28.9 Å². The Balaban J connectivity index is 1.20. The van der Waals surface area contributed by atoms with Crippen molar-refractivity contribution in [2.75, 3.05) is 42.4 Å². The molecule has 520 valence electrons. The maximum Gasteiger partial charge on any atom is 0.201 e. The quantitative estimate of drug-likeness (QED) is 0.0847. The van der Waals surface area contributed by atoms with E-state index in [1.54, 1.807) is 72.6 Å². The third-order valence-corrected chi connectivity index (χ3v) is 21.6. The molecule has 28 nitrogen and oxygen atoms in total. The predicted octanol–water partition coefficient (Wildman–Crippen LogP) is 1.90. The Hall–Kier alpha value is -6.55. The van der Waals surface area contributed by atoms with Crippen molar-refractivity contribution in [1.82, 2.24) is 9.80 Å². The molecule has 0 amide bonds. The molecule has 28 heteroatoms. The molecule has 96 heavy (non-hydrogen) atoms. The second-order valence-corrected chi connectivity index (χ2v) is 27.2. The van der Waals surface area contributed by atoms with Crippen molar-refractivity contribution in [2.45, 2.75) is 208 Å². The van der Waals surface area contributed by atoms with E-state index in [-0.39, 0.29) is 36.8 Å². The van der Waals surface area contributed by atoms with Crippen molar-refractivity contribution in [2.24, 2.45) is 11.8 Å². The first-order chi connectivity index (χ1) is 45.5. The van der Waals surface area contributed by atoms with Gasteiger partial charge in [-0.25, -0.2) is 0 Å². The average Bonchev–Trinajstić information content (AvgIpc) is 1.39. The largest absolute Gasteiger partial charge is 0.511 e. The third kappa shape index (κ3) is 10.5. The van der Waals surface area contributed by atoms with Crippen LogP contribution in [0.4, 0.5) is 0 Å². The van der Waals surface area contributed by atoms with E-state index in [0.717, 1.165) is 24.3 Å². The number of benzene rings is 2. The third-order valence-electron chi connectivity index (χ3n) is 21.6. The van der Waals surface area contributed by atoms with Gasteiger partial charge in [-0.15, -0.1) is 0 Å². The zero-order chi connectivity index (χ0) is 69.5. The number of hydrogen-bond acceptors (Lipinski definition) is 26. The number of ether oxygens (including phenoxy) is 10. The normalized spacial score (nSPS) is 39.2. The number of methoxy groups -OCH3 is 2. The molecule has 4 aliphatic heterocycles. The van der Waals surface area contributed by atoms with E-state index in [1.165, 1.54) is 27.2 Å². The molecule has 4 fully saturated rings. The van der Waals surface area contributed by atoms with Crippen LogP contribution >= 0.6 is 0 Å². The van der Waals surface area contributed by atoms with Crippen LogP contribution in [-0.2, 0) is 52.2 Å². The van der Waals surface area contributed by atoms with Gasteiger partial charge in [-0.2, -0.15) is 0 Å². The van der Waals surface area contributed by atoms with E-state index in [0.29, 0.717) is 0 Å². The summed E-state index contributed by atoms with van der Waals surface area (Å²) in [4.78, 5) is 83.5. The Bertz CT molecular complexity index is 3720. The minimum absolute atomic E-state index is 0.151. The molecule has 12 rings (SSSR count). The van der Waals surface area contributed by atoms with Crippen molar-refractivity contribution < 1.29 is 122 Å². The highest BCUT2D eigenvalue weighted by Crippen LogP contribution is 2.63. The Morgan fingerprint density at radius 2 is 0.958 bits per heavy atom. The number of aliphatic hydroxyl groups excluding tert-OH is 5. The molecule has 0 aromatic heterocycles. The lowest BCUT2D eigenvalue weighted by atomic mass is 9.55. The first-order valence-electron chi connectivity index (χ1n) is 32.5. The number of Topliss-reactive ketones (excluding diaryl/α,β-unsaturated/α-hetero) is 5. The lowest BCUT2D eigenvalue weighted by Crippen LogP contribution is -2.77. The minimum atomic E-state index is -2.53. The van der Waals surface area contributed by atoms with Gasteiger partial charge in [-0.3, -0.25) is 24.0 Å².